The highest BCUT2D eigenvalue weighted by Crippen LogP contribution is 2.38. The molecule has 0 amide bonds. The first kappa shape index (κ1) is 23.4. The Morgan fingerprint density at radius 2 is 2.08 bits per heavy atom. The smallest absolute Gasteiger partial charge is 0.387 e. The number of aryl methyl sites for hydroxylation is 1. The fourth-order valence-corrected chi connectivity index (χ4v) is 4.81. The van der Waals surface area contributed by atoms with Crippen LogP contribution in [0.5, 0.6) is 5.75 Å². The third kappa shape index (κ3) is 4.25. The molecule has 15 heteroatoms. The molecule has 5 aromatic rings. The second-order valence-electron chi connectivity index (χ2n) is 7.55. The van der Waals surface area contributed by atoms with E-state index in [2.05, 4.69) is 35.2 Å². The van der Waals surface area contributed by atoms with Crippen molar-refractivity contribution in [2.45, 2.75) is 22.8 Å². The maximum Gasteiger partial charge on any atom is 0.387 e. The van der Waals surface area contributed by atoms with Gasteiger partial charge in [-0.2, -0.15) is 19.0 Å². The Morgan fingerprint density at radius 3 is 2.83 bits per heavy atom. The average molecular weight is 516 g/mol. The summed E-state index contributed by atoms with van der Waals surface area (Å²) in [6, 6.07) is 5.10. The summed E-state index contributed by atoms with van der Waals surface area (Å²) < 4.78 is 59.8. The number of imidazole rings is 1. The highest BCUT2D eigenvalue weighted by atomic mass is 32.2. The molecule has 0 bridgehead atoms. The molecule has 0 radical (unpaired) electrons. The lowest BCUT2D eigenvalue weighted by atomic mass is 10.1. The lowest BCUT2D eigenvalue weighted by Crippen LogP contribution is -2.11. The normalized spacial score (nSPS) is 12.8. The number of ether oxygens (including phenoxy) is 1. The van der Waals surface area contributed by atoms with Crippen molar-refractivity contribution in [3.63, 3.8) is 0 Å². The van der Waals surface area contributed by atoms with Crippen LogP contribution < -0.4 is 10.1 Å². The lowest BCUT2D eigenvalue weighted by molar-refractivity contribution is -0.0494. The predicted molar refractivity (Wildman–Crippen MR) is 121 cm³/mol. The van der Waals surface area contributed by atoms with E-state index in [-0.39, 0.29) is 32.6 Å². The van der Waals surface area contributed by atoms with Crippen LogP contribution >= 0.6 is 0 Å². The standard InChI is InChI=1S/C21H18F2N8O4S/c1-30-10-15(28-20(32)14-8-27-31-6-2-5-25-19(14)31)18(29-30)13-7-12(3-4-16(13)35-21(22)23)36(33,34)17-9-24-11-26-17/h2-11,20-21,28,32H,1H3,(H,24,26). The van der Waals surface area contributed by atoms with E-state index < -0.39 is 22.7 Å². The summed E-state index contributed by atoms with van der Waals surface area (Å²) in [5.41, 5.74) is 0.991. The number of fused-ring (bicyclic) bond motifs is 1. The molecule has 1 unspecified atom stereocenters. The van der Waals surface area contributed by atoms with Crippen molar-refractivity contribution in [1.82, 2.24) is 34.3 Å². The highest BCUT2D eigenvalue weighted by Gasteiger charge is 2.26. The van der Waals surface area contributed by atoms with Gasteiger partial charge in [0.15, 0.2) is 16.9 Å². The van der Waals surface area contributed by atoms with Gasteiger partial charge in [-0.1, -0.05) is 0 Å². The van der Waals surface area contributed by atoms with Crippen molar-refractivity contribution in [2.24, 2.45) is 7.05 Å². The summed E-state index contributed by atoms with van der Waals surface area (Å²) in [5, 5.41) is 21.9. The zero-order valence-electron chi connectivity index (χ0n) is 18.4. The summed E-state index contributed by atoms with van der Waals surface area (Å²) >= 11 is 0. The van der Waals surface area contributed by atoms with E-state index in [0.717, 1.165) is 12.1 Å². The van der Waals surface area contributed by atoms with Gasteiger partial charge in [-0.15, -0.1) is 0 Å². The predicted octanol–water partition coefficient (Wildman–Crippen LogP) is 2.39. The van der Waals surface area contributed by atoms with Crippen LogP contribution in [-0.2, 0) is 16.9 Å². The van der Waals surface area contributed by atoms with E-state index in [4.69, 9.17) is 0 Å². The Labute approximate surface area is 202 Å². The topological polar surface area (TPSA) is 152 Å². The first-order valence-corrected chi connectivity index (χ1v) is 11.8. The number of alkyl halides is 2. The van der Waals surface area contributed by atoms with Crippen molar-refractivity contribution >= 4 is 21.2 Å². The Balaban J connectivity index is 1.58. The molecule has 36 heavy (non-hydrogen) atoms. The second-order valence-corrected chi connectivity index (χ2v) is 9.44. The van der Waals surface area contributed by atoms with Crippen molar-refractivity contribution in [1.29, 1.82) is 0 Å². The van der Waals surface area contributed by atoms with E-state index in [1.54, 1.807) is 25.5 Å². The number of hydrogen-bond acceptors (Lipinski definition) is 9. The molecular formula is C21H18F2N8O4S. The monoisotopic (exact) mass is 516 g/mol. The molecule has 1 aromatic carbocycles. The number of aliphatic hydroxyl groups excluding tert-OH is 1. The molecule has 0 spiro atoms. The number of halogens is 2. The van der Waals surface area contributed by atoms with Crippen LogP contribution in [0.4, 0.5) is 14.5 Å². The lowest BCUT2D eigenvalue weighted by Gasteiger charge is -2.15. The first-order chi connectivity index (χ1) is 17.2. The third-order valence-electron chi connectivity index (χ3n) is 5.20. The highest BCUT2D eigenvalue weighted by molar-refractivity contribution is 7.91. The molecule has 5 rings (SSSR count). The number of rotatable bonds is 8. The Morgan fingerprint density at radius 1 is 1.25 bits per heavy atom. The van der Waals surface area contributed by atoms with Gasteiger partial charge in [0.25, 0.3) is 0 Å². The van der Waals surface area contributed by atoms with E-state index in [1.807, 2.05) is 0 Å². The quantitative estimate of drug-likeness (QED) is 0.264. The maximum atomic E-state index is 13.2. The summed E-state index contributed by atoms with van der Waals surface area (Å²) in [7, 11) is -2.49. The van der Waals surface area contributed by atoms with Gasteiger partial charge in [0.1, 0.15) is 11.4 Å². The van der Waals surface area contributed by atoms with Crippen LogP contribution in [-0.4, -0.2) is 54.5 Å². The zero-order valence-corrected chi connectivity index (χ0v) is 19.3. The van der Waals surface area contributed by atoms with Gasteiger partial charge in [0, 0.05) is 37.4 Å². The van der Waals surface area contributed by atoms with Gasteiger partial charge in [-0.25, -0.2) is 22.9 Å². The van der Waals surface area contributed by atoms with E-state index in [0.29, 0.717) is 11.2 Å². The molecule has 1 atom stereocenters. The number of hydrogen-bond donors (Lipinski definition) is 3. The number of nitrogens with one attached hydrogen (secondary N) is 2. The third-order valence-corrected chi connectivity index (χ3v) is 6.85. The number of aromatic amines is 1. The van der Waals surface area contributed by atoms with Crippen molar-refractivity contribution in [3.8, 4) is 17.0 Å². The summed E-state index contributed by atoms with van der Waals surface area (Å²) in [6.45, 7) is -3.17. The largest absolute Gasteiger partial charge is 0.434 e. The van der Waals surface area contributed by atoms with Gasteiger partial charge >= 0.3 is 6.61 Å². The van der Waals surface area contributed by atoms with Crippen LogP contribution in [0.2, 0.25) is 0 Å². The molecule has 4 heterocycles. The molecule has 0 fully saturated rings. The summed E-state index contributed by atoms with van der Waals surface area (Å²) in [4.78, 5) is 10.3. The van der Waals surface area contributed by atoms with Crippen LogP contribution in [0.25, 0.3) is 16.9 Å². The molecule has 0 saturated carbocycles. The molecule has 3 N–H and O–H groups in total. The first-order valence-electron chi connectivity index (χ1n) is 10.3. The zero-order chi connectivity index (χ0) is 25.4. The van der Waals surface area contributed by atoms with Gasteiger partial charge in [-0.05, 0) is 24.3 Å². The minimum Gasteiger partial charge on any atom is -0.434 e. The fraction of sp³-hybridized carbons (Fsp3) is 0.143. The van der Waals surface area contributed by atoms with Crippen LogP contribution in [0, 0.1) is 0 Å². The number of aromatic nitrogens is 7. The summed E-state index contributed by atoms with van der Waals surface area (Å²) in [6.07, 6.45) is 7.23. The van der Waals surface area contributed by atoms with E-state index in [1.165, 1.54) is 40.2 Å². The fourth-order valence-electron chi connectivity index (χ4n) is 3.63. The molecule has 0 aliphatic carbocycles. The SMILES string of the molecule is Cn1cc(NC(O)c2cnn3cccnc23)c(-c2cc(S(=O)(=O)c3c[nH]cn3)ccc2OC(F)F)n1. The molecular weight excluding hydrogens is 498 g/mol. The second kappa shape index (κ2) is 9.01. The number of H-pyrrole nitrogens is 1. The maximum absolute atomic E-state index is 13.2. The van der Waals surface area contributed by atoms with Gasteiger partial charge in [0.05, 0.1) is 28.7 Å². The van der Waals surface area contributed by atoms with Crippen molar-refractivity contribution in [3.05, 3.63) is 67.1 Å². The van der Waals surface area contributed by atoms with Crippen molar-refractivity contribution < 1.29 is 27.0 Å². The van der Waals surface area contributed by atoms with Crippen LogP contribution in [0.1, 0.15) is 11.8 Å². The minimum atomic E-state index is -4.07. The number of anilines is 1. The molecule has 0 saturated heterocycles. The van der Waals surface area contributed by atoms with Gasteiger partial charge in [0.2, 0.25) is 9.84 Å². The van der Waals surface area contributed by atoms with Crippen molar-refractivity contribution in [2.75, 3.05) is 5.32 Å². The number of aliphatic hydroxyl groups is 1. The molecule has 0 aliphatic rings. The van der Waals surface area contributed by atoms with Gasteiger partial charge in [-0.3, -0.25) is 4.68 Å². The molecule has 186 valence electrons. The van der Waals surface area contributed by atoms with Gasteiger partial charge < -0.3 is 20.1 Å². The Hall–Kier alpha value is -4.37. The van der Waals surface area contributed by atoms with E-state index in [9.17, 15) is 22.3 Å². The molecule has 12 nitrogen and oxygen atoms in total. The number of nitrogens with zero attached hydrogens (tertiary/aromatic N) is 6. The van der Waals surface area contributed by atoms with E-state index >= 15 is 0 Å². The molecule has 4 aromatic heterocycles. The summed E-state index contributed by atoms with van der Waals surface area (Å²) in [5.74, 6) is -0.306. The molecule has 0 aliphatic heterocycles. The Kier molecular flexibility index (Phi) is 5.85. The van der Waals surface area contributed by atoms with Crippen LogP contribution in [0.3, 0.4) is 0 Å². The minimum absolute atomic E-state index is 0.0415. The Bertz CT molecular complexity index is 1630. The number of benzene rings is 1. The number of sulfone groups is 1. The van der Waals surface area contributed by atoms with Crippen LogP contribution in [0.15, 0.2) is 71.5 Å². The average Bonchev–Trinajstić information content (AvgIpc) is 3.59.